The van der Waals surface area contributed by atoms with Gasteiger partial charge in [-0.1, -0.05) is 25.3 Å². The molecule has 0 saturated heterocycles. The Morgan fingerprint density at radius 3 is 2.78 bits per heavy atom. The first-order valence-electron chi connectivity index (χ1n) is 6.31. The van der Waals surface area contributed by atoms with Crippen molar-refractivity contribution in [3.05, 3.63) is 30.1 Å². The molecule has 0 unspecified atom stereocenters. The number of pyridine rings is 1. The summed E-state index contributed by atoms with van der Waals surface area (Å²) in [7, 11) is 0. The molecule has 0 bridgehead atoms. The average Bonchev–Trinajstić information content (AvgIpc) is 2.39. The Balaban J connectivity index is 0.00000162. The van der Waals surface area contributed by atoms with Gasteiger partial charge in [-0.3, -0.25) is 4.98 Å². The molecule has 5 heteroatoms. The topological polar surface area (TPSA) is 63.3 Å². The van der Waals surface area contributed by atoms with Crippen molar-refractivity contribution in [1.82, 2.24) is 10.3 Å². The Morgan fingerprint density at radius 1 is 1.33 bits per heavy atom. The molecule has 0 spiro atoms. The lowest BCUT2D eigenvalue weighted by Crippen LogP contribution is -2.41. The monoisotopic (exact) mass is 360 g/mol. The second kappa shape index (κ2) is 8.29. The number of hydrogen-bond acceptors (Lipinski definition) is 2. The highest BCUT2D eigenvalue weighted by molar-refractivity contribution is 14.0. The molecular formula is C13H21IN4. The molecule has 4 nitrogen and oxygen atoms in total. The van der Waals surface area contributed by atoms with Crippen LogP contribution in [0.3, 0.4) is 0 Å². The number of nitrogens with zero attached hydrogens (tertiary/aromatic N) is 2. The molecule has 0 amide bonds. The lowest BCUT2D eigenvalue weighted by molar-refractivity contribution is 0.412. The predicted molar refractivity (Wildman–Crippen MR) is 85.0 cm³/mol. The summed E-state index contributed by atoms with van der Waals surface area (Å²) in [5.41, 5.74) is 6.81. The minimum atomic E-state index is 0. The van der Waals surface area contributed by atoms with Crippen LogP contribution in [0.5, 0.6) is 0 Å². The number of hydrogen-bond donors (Lipinski definition) is 2. The molecule has 3 N–H and O–H groups in total. The molecule has 2 rings (SSSR count). The summed E-state index contributed by atoms with van der Waals surface area (Å²) >= 11 is 0. The highest BCUT2D eigenvalue weighted by Gasteiger charge is 2.13. The second-order valence-electron chi connectivity index (χ2n) is 4.50. The van der Waals surface area contributed by atoms with Crippen molar-refractivity contribution < 1.29 is 0 Å². The van der Waals surface area contributed by atoms with Gasteiger partial charge in [-0.2, -0.15) is 0 Å². The van der Waals surface area contributed by atoms with Crippen molar-refractivity contribution in [3.8, 4) is 0 Å². The largest absolute Gasteiger partial charge is 0.370 e. The van der Waals surface area contributed by atoms with Crippen molar-refractivity contribution in [2.45, 2.75) is 44.7 Å². The maximum Gasteiger partial charge on any atom is 0.189 e. The number of halogens is 1. The first kappa shape index (κ1) is 15.2. The summed E-state index contributed by atoms with van der Waals surface area (Å²) in [6.07, 6.45) is 8.13. The molecule has 0 radical (unpaired) electrons. The van der Waals surface area contributed by atoms with Gasteiger partial charge in [0.05, 0.1) is 12.2 Å². The Labute approximate surface area is 125 Å². The van der Waals surface area contributed by atoms with E-state index in [4.69, 9.17) is 5.73 Å². The third-order valence-corrected chi connectivity index (χ3v) is 3.09. The van der Waals surface area contributed by atoms with Crippen LogP contribution < -0.4 is 11.1 Å². The zero-order valence-corrected chi connectivity index (χ0v) is 12.8. The summed E-state index contributed by atoms with van der Waals surface area (Å²) in [4.78, 5) is 8.52. The molecule has 0 aromatic carbocycles. The smallest absolute Gasteiger partial charge is 0.189 e. The van der Waals surface area contributed by atoms with Crippen molar-refractivity contribution in [3.63, 3.8) is 0 Å². The SMILES string of the molecule is I.NC(=NCc1ccccn1)NC1CCCCC1. The number of aromatic nitrogens is 1. The van der Waals surface area contributed by atoms with Crippen molar-refractivity contribution in [2.24, 2.45) is 10.7 Å². The third kappa shape index (κ3) is 5.20. The molecule has 1 aliphatic rings. The van der Waals surface area contributed by atoms with Gasteiger partial charge in [0.2, 0.25) is 0 Å². The van der Waals surface area contributed by atoms with Crippen molar-refractivity contribution in [2.75, 3.05) is 0 Å². The molecule has 1 heterocycles. The normalized spacial score (nSPS) is 17.0. The molecule has 0 atom stereocenters. The minimum Gasteiger partial charge on any atom is -0.370 e. The maximum absolute atomic E-state index is 5.86. The van der Waals surface area contributed by atoms with Gasteiger partial charge >= 0.3 is 0 Å². The molecule has 100 valence electrons. The van der Waals surface area contributed by atoms with E-state index in [1.165, 1.54) is 32.1 Å². The summed E-state index contributed by atoms with van der Waals surface area (Å²) in [6.45, 7) is 0.548. The van der Waals surface area contributed by atoms with Crippen molar-refractivity contribution >= 4 is 29.9 Å². The van der Waals surface area contributed by atoms with E-state index >= 15 is 0 Å². The predicted octanol–water partition coefficient (Wildman–Crippen LogP) is 2.44. The Morgan fingerprint density at radius 2 is 2.11 bits per heavy atom. The lowest BCUT2D eigenvalue weighted by atomic mass is 9.96. The van der Waals surface area contributed by atoms with E-state index in [-0.39, 0.29) is 24.0 Å². The van der Waals surface area contributed by atoms with E-state index in [0.29, 0.717) is 18.5 Å². The maximum atomic E-state index is 5.86. The van der Waals surface area contributed by atoms with Crippen LogP contribution in [0.4, 0.5) is 0 Å². The van der Waals surface area contributed by atoms with Gasteiger partial charge in [0.1, 0.15) is 0 Å². The van der Waals surface area contributed by atoms with E-state index in [1.807, 2.05) is 18.2 Å². The molecule has 1 aromatic rings. The van der Waals surface area contributed by atoms with Crippen LogP contribution in [-0.4, -0.2) is 17.0 Å². The van der Waals surface area contributed by atoms with E-state index in [9.17, 15) is 0 Å². The molecular weight excluding hydrogens is 339 g/mol. The highest BCUT2D eigenvalue weighted by atomic mass is 127. The zero-order chi connectivity index (χ0) is 11.9. The van der Waals surface area contributed by atoms with Crippen LogP contribution in [0, 0.1) is 0 Å². The molecule has 0 aliphatic heterocycles. The van der Waals surface area contributed by atoms with Gasteiger partial charge < -0.3 is 11.1 Å². The lowest BCUT2D eigenvalue weighted by Gasteiger charge is -2.23. The summed E-state index contributed by atoms with van der Waals surface area (Å²) in [5, 5.41) is 3.29. The van der Waals surface area contributed by atoms with Gasteiger partial charge in [0, 0.05) is 12.2 Å². The fourth-order valence-electron chi connectivity index (χ4n) is 2.16. The summed E-state index contributed by atoms with van der Waals surface area (Å²) in [5.74, 6) is 0.544. The van der Waals surface area contributed by atoms with Gasteiger partial charge in [-0.15, -0.1) is 24.0 Å². The average molecular weight is 360 g/mol. The van der Waals surface area contributed by atoms with E-state index in [2.05, 4.69) is 15.3 Å². The molecule has 1 aliphatic carbocycles. The number of nitrogens with one attached hydrogen (secondary N) is 1. The molecule has 18 heavy (non-hydrogen) atoms. The summed E-state index contributed by atoms with van der Waals surface area (Å²) in [6, 6.07) is 6.33. The zero-order valence-electron chi connectivity index (χ0n) is 10.5. The fourth-order valence-corrected chi connectivity index (χ4v) is 2.16. The first-order chi connectivity index (χ1) is 8.34. The van der Waals surface area contributed by atoms with Gasteiger partial charge in [-0.05, 0) is 25.0 Å². The van der Waals surface area contributed by atoms with E-state index in [1.54, 1.807) is 6.20 Å². The number of aliphatic imine (C=N–C) groups is 1. The Hall–Kier alpha value is -0.850. The highest BCUT2D eigenvalue weighted by Crippen LogP contribution is 2.16. The first-order valence-corrected chi connectivity index (χ1v) is 6.31. The second-order valence-corrected chi connectivity index (χ2v) is 4.50. The van der Waals surface area contributed by atoms with Crippen LogP contribution in [0.1, 0.15) is 37.8 Å². The Bertz CT molecular complexity index is 361. The molecule has 1 aromatic heterocycles. The van der Waals surface area contributed by atoms with Gasteiger partial charge in [-0.25, -0.2) is 4.99 Å². The summed E-state index contributed by atoms with van der Waals surface area (Å²) < 4.78 is 0. The standard InChI is InChI=1S/C13H20N4.HI/c14-13(17-11-6-2-1-3-7-11)16-10-12-8-4-5-9-15-12;/h4-5,8-9,11H,1-3,6-7,10H2,(H3,14,16,17);1H. The number of rotatable bonds is 3. The van der Waals surface area contributed by atoms with Crippen LogP contribution in [0.15, 0.2) is 29.4 Å². The van der Waals surface area contributed by atoms with Crippen LogP contribution >= 0.6 is 24.0 Å². The molecule has 1 fully saturated rings. The van der Waals surface area contributed by atoms with Crippen LogP contribution in [0.2, 0.25) is 0 Å². The van der Waals surface area contributed by atoms with Gasteiger partial charge in [0.25, 0.3) is 0 Å². The number of nitrogens with two attached hydrogens (primary N) is 1. The van der Waals surface area contributed by atoms with E-state index < -0.39 is 0 Å². The third-order valence-electron chi connectivity index (χ3n) is 3.09. The number of guanidine groups is 1. The quantitative estimate of drug-likeness (QED) is 0.495. The van der Waals surface area contributed by atoms with Crippen molar-refractivity contribution in [1.29, 1.82) is 0 Å². The Kier molecular flexibility index (Phi) is 7.00. The minimum absolute atomic E-state index is 0. The van der Waals surface area contributed by atoms with Crippen LogP contribution in [0.25, 0.3) is 0 Å². The van der Waals surface area contributed by atoms with Gasteiger partial charge in [0.15, 0.2) is 5.96 Å². The molecule has 1 saturated carbocycles. The van der Waals surface area contributed by atoms with E-state index in [0.717, 1.165) is 5.69 Å². The van der Waals surface area contributed by atoms with Crippen LogP contribution in [-0.2, 0) is 6.54 Å². The fraction of sp³-hybridized carbons (Fsp3) is 0.538.